The molecule has 0 aliphatic heterocycles. The van der Waals surface area contributed by atoms with E-state index in [1.807, 2.05) is 48.6 Å². The Kier molecular flexibility index (Phi) is 4.94. The van der Waals surface area contributed by atoms with Crippen LogP contribution in [0.15, 0.2) is 46.3 Å². The Hall–Kier alpha value is -2.87. The van der Waals surface area contributed by atoms with Gasteiger partial charge >= 0.3 is 6.03 Å². The summed E-state index contributed by atoms with van der Waals surface area (Å²) in [5.41, 5.74) is 5.39. The smallest absolute Gasteiger partial charge is 0.318 e. The van der Waals surface area contributed by atoms with Crippen LogP contribution in [0.4, 0.5) is 4.79 Å². The summed E-state index contributed by atoms with van der Waals surface area (Å²) in [6, 6.07) is 10.5. The molecule has 0 bridgehead atoms. The summed E-state index contributed by atoms with van der Waals surface area (Å²) in [5.74, 6) is -0.530. The number of imide groups is 1. The van der Waals surface area contributed by atoms with E-state index < -0.39 is 17.2 Å². The molecule has 26 heavy (non-hydrogen) atoms. The van der Waals surface area contributed by atoms with E-state index in [0.717, 1.165) is 22.5 Å². The third-order valence-electron chi connectivity index (χ3n) is 4.00. The number of hydrogen-bond acceptors (Lipinski definition) is 5. The zero-order chi connectivity index (χ0) is 18.8. The molecule has 1 aromatic heterocycles. The van der Waals surface area contributed by atoms with Gasteiger partial charge in [0.2, 0.25) is 5.91 Å². The fraction of sp³-hybridized carbons (Fsp3) is 0.222. The lowest BCUT2D eigenvalue weighted by atomic mass is 10.1. The summed E-state index contributed by atoms with van der Waals surface area (Å²) in [6.07, 6.45) is 0. The fourth-order valence-corrected chi connectivity index (χ4v) is 3.66. The number of nitrogens with two attached hydrogens (primary N) is 1. The third kappa shape index (κ3) is 3.41. The SMILES string of the molecule is CCn1c(S[C@@H](C)C(=O)NC(N)=O)nc2cc3ccccc3cc2c1=O. The maximum Gasteiger partial charge on any atom is 0.318 e. The monoisotopic (exact) mass is 370 g/mol. The number of carbonyl (C=O) groups excluding carboxylic acids is 2. The van der Waals surface area contributed by atoms with E-state index in [1.165, 1.54) is 4.57 Å². The van der Waals surface area contributed by atoms with Crippen LogP contribution in [0.2, 0.25) is 0 Å². The van der Waals surface area contributed by atoms with E-state index >= 15 is 0 Å². The highest BCUT2D eigenvalue weighted by Gasteiger charge is 2.20. The van der Waals surface area contributed by atoms with Gasteiger partial charge < -0.3 is 5.73 Å². The summed E-state index contributed by atoms with van der Waals surface area (Å²) >= 11 is 1.11. The molecule has 2 aromatic carbocycles. The zero-order valence-electron chi connectivity index (χ0n) is 14.4. The Balaban J connectivity index is 2.10. The van der Waals surface area contributed by atoms with Gasteiger partial charge in [-0.1, -0.05) is 36.0 Å². The second-order valence-corrected chi connectivity index (χ2v) is 7.08. The van der Waals surface area contributed by atoms with Crippen LogP contribution in [0.25, 0.3) is 21.7 Å². The van der Waals surface area contributed by atoms with Crippen LogP contribution in [0, 0.1) is 0 Å². The number of primary amides is 1. The van der Waals surface area contributed by atoms with Gasteiger partial charge in [-0.2, -0.15) is 0 Å². The molecule has 0 fully saturated rings. The van der Waals surface area contributed by atoms with Crippen molar-refractivity contribution in [2.75, 3.05) is 0 Å². The maximum atomic E-state index is 12.9. The Morgan fingerprint density at radius 3 is 2.54 bits per heavy atom. The van der Waals surface area contributed by atoms with E-state index in [0.29, 0.717) is 22.6 Å². The van der Waals surface area contributed by atoms with Gasteiger partial charge in [-0.15, -0.1) is 0 Å². The van der Waals surface area contributed by atoms with Gasteiger partial charge in [0.15, 0.2) is 5.16 Å². The second kappa shape index (κ2) is 7.17. The summed E-state index contributed by atoms with van der Waals surface area (Å²) in [6.45, 7) is 3.88. The van der Waals surface area contributed by atoms with Gasteiger partial charge in [0.1, 0.15) is 0 Å². The summed E-state index contributed by atoms with van der Waals surface area (Å²) in [5, 5.41) is 4.31. The average Bonchev–Trinajstić information content (AvgIpc) is 2.60. The van der Waals surface area contributed by atoms with E-state index in [-0.39, 0.29) is 5.56 Å². The Morgan fingerprint density at radius 1 is 1.27 bits per heavy atom. The Bertz CT molecular complexity index is 1080. The standard InChI is InChI=1S/C18H18N4O3S/c1-3-22-16(24)13-8-11-6-4-5-7-12(11)9-14(13)20-18(22)26-10(2)15(23)21-17(19)25/h4-10H,3H2,1-2H3,(H3,19,21,23,25)/t10-/m0/s1. The van der Waals surface area contributed by atoms with Gasteiger partial charge in [-0.05, 0) is 36.8 Å². The minimum absolute atomic E-state index is 0.159. The molecular formula is C18H18N4O3S. The third-order valence-corrected chi connectivity index (χ3v) is 5.09. The number of aromatic nitrogens is 2. The molecule has 3 N–H and O–H groups in total. The van der Waals surface area contributed by atoms with Crippen molar-refractivity contribution >= 4 is 45.4 Å². The largest absolute Gasteiger partial charge is 0.351 e. The molecule has 3 aromatic rings. The van der Waals surface area contributed by atoms with Crippen molar-refractivity contribution in [1.29, 1.82) is 0 Å². The van der Waals surface area contributed by atoms with Crippen LogP contribution < -0.4 is 16.6 Å². The predicted molar refractivity (Wildman–Crippen MR) is 102 cm³/mol. The number of carbonyl (C=O) groups is 2. The first-order valence-corrected chi connectivity index (χ1v) is 8.99. The lowest BCUT2D eigenvalue weighted by Gasteiger charge is -2.15. The minimum atomic E-state index is -0.909. The molecule has 0 spiro atoms. The number of urea groups is 1. The summed E-state index contributed by atoms with van der Waals surface area (Å²) in [7, 11) is 0. The van der Waals surface area contributed by atoms with Gasteiger partial charge in [0.25, 0.3) is 5.56 Å². The number of fused-ring (bicyclic) bond motifs is 2. The van der Waals surface area contributed by atoms with Crippen molar-refractivity contribution in [3.8, 4) is 0 Å². The normalized spacial score (nSPS) is 12.2. The second-order valence-electron chi connectivity index (χ2n) is 5.77. The molecule has 134 valence electrons. The first-order chi connectivity index (χ1) is 12.4. The first-order valence-electron chi connectivity index (χ1n) is 8.11. The van der Waals surface area contributed by atoms with Gasteiger partial charge in [-0.25, -0.2) is 9.78 Å². The lowest BCUT2D eigenvalue weighted by Crippen LogP contribution is -2.39. The van der Waals surface area contributed by atoms with E-state index in [1.54, 1.807) is 6.92 Å². The highest BCUT2D eigenvalue weighted by molar-refractivity contribution is 8.00. The van der Waals surface area contributed by atoms with Crippen molar-refractivity contribution in [3.63, 3.8) is 0 Å². The highest BCUT2D eigenvalue weighted by Crippen LogP contribution is 2.25. The molecule has 0 aliphatic rings. The fourth-order valence-electron chi connectivity index (χ4n) is 2.69. The predicted octanol–water partition coefficient (Wildman–Crippen LogP) is 2.25. The maximum absolute atomic E-state index is 12.9. The average molecular weight is 370 g/mol. The molecule has 3 rings (SSSR count). The number of hydrogen-bond donors (Lipinski definition) is 2. The molecule has 0 saturated heterocycles. The molecule has 0 unspecified atom stereocenters. The van der Waals surface area contributed by atoms with Crippen molar-refractivity contribution in [2.45, 2.75) is 30.8 Å². The number of rotatable bonds is 4. The molecule has 0 saturated carbocycles. The number of nitrogens with zero attached hydrogens (tertiary/aromatic N) is 2. The number of amides is 3. The van der Waals surface area contributed by atoms with Crippen LogP contribution in [-0.2, 0) is 11.3 Å². The van der Waals surface area contributed by atoms with Crippen LogP contribution >= 0.6 is 11.8 Å². The Labute approximate surface area is 153 Å². The van der Waals surface area contributed by atoms with Crippen LogP contribution in [0.3, 0.4) is 0 Å². The zero-order valence-corrected chi connectivity index (χ0v) is 15.2. The van der Waals surface area contributed by atoms with Crippen LogP contribution in [0.5, 0.6) is 0 Å². The summed E-state index contributed by atoms with van der Waals surface area (Å²) < 4.78 is 1.52. The molecule has 3 amide bonds. The molecule has 1 atom stereocenters. The van der Waals surface area contributed by atoms with Crippen molar-refractivity contribution in [2.24, 2.45) is 5.73 Å². The van der Waals surface area contributed by atoms with Gasteiger partial charge in [0.05, 0.1) is 16.2 Å². The summed E-state index contributed by atoms with van der Waals surface area (Å²) in [4.78, 5) is 40.3. The van der Waals surface area contributed by atoms with Crippen molar-refractivity contribution < 1.29 is 9.59 Å². The topological polar surface area (TPSA) is 107 Å². The van der Waals surface area contributed by atoms with Crippen molar-refractivity contribution in [1.82, 2.24) is 14.9 Å². The van der Waals surface area contributed by atoms with Crippen LogP contribution in [-0.4, -0.2) is 26.7 Å². The van der Waals surface area contributed by atoms with Crippen LogP contribution in [0.1, 0.15) is 13.8 Å². The quantitative estimate of drug-likeness (QED) is 0.416. The molecule has 1 heterocycles. The minimum Gasteiger partial charge on any atom is -0.351 e. The number of thioether (sulfide) groups is 1. The molecular weight excluding hydrogens is 352 g/mol. The number of nitrogens with one attached hydrogen (secondary N) is 1. The molecule has 8 heteroatoms. The lowest BCUT2D eigenvalue weighted by molar-refractivity contribution is -0.119. The number of benzene rings is 2. The van der Waals surface area contributed by atoms with E-state index in [9.17, 15) is 14.4 Å². The van der Waals surface area contributed by atoms with Crippen molar-refractivity contribution in [3.05, 3.63) is 46.8 Å². The molecule has 7 nitrogen and oxygen atoms in total. The first kappa shape index (κ1) is 17.9. The van der Waals surface area contributed by atoms with Gasteiger partial charge in [-0.3, -0.25) is 19.5 Å². The highest BCUT2D eigenvalue weighted by atomic mass is 32.2. The Morgan fingerprint density at radius 2 is 1.92 bits per heavy atom. The van der Waals surface area contributed by atoms with Gasteiger partial charge in [0, 0.05) is 6.54 Å². The van der Waals surface area contributed by atoms with E-state index in [4.69, 9.17) is 5.73 Å². The molecule has 0 radical (unpaired) electrons. The van der Waals surface area contributed by atoms with E-state index in [2.05, 4.69) is 4.98 Å². The molecule has 0 aliphatic carbocycles.